The highest BCUT2D eigenvalue weighted by molar-refractivity contribution is 5.91. The molecule has 0 spiro atoms. The fourth-order valence-electron chi connectivity index (χ4n) is 2.97. The number of aromatic amines is 1. The second-order valence-corrected chi connectivity index (χ2v) is 6.29. The molecule has 142 valence electrons. The molecule has 0 atom stereocenters. The molecule has 1 amide bonds. The lowest BCUT2D eigenvalue weighted by molar-refractivity contribution is -0.120. The summed E-state index contributed by atoms with van der Waals surface area (Å²) in [5.41, 5.74) is 5.25. The van der Waals surface area contributed by atoms with Gasteiger partial charge < -0.3 is 10.7 Å². The Morgan fingerprint density at radius 2 is 1.70 bits per heavy atom. The summed E-state index contributed by atoms with van der Waals surface area (Å²) in [5.74, 6) is -6.57. The Bertz CT molecular complexity index is 995. The largest absolute Gasteiger partial charge is 0.370 e. The molecule has 0 aliphatic heterocycles. The second-order valence-electron chi connectivity index (χ2n) is 6.29. The topological polar surface area (TPSA) is 58.9 Å². The van der Waals surface area contributed by atoms with E-state index in [2.05, 4.69) is 4.98 Å². The average molecular weight is 382 g/mol. The molecule has 0 saturated heterocycles. The zero-order valence-electron chi connectivity index (χ0n) is 14.0. The minimum absolute atomic E-state index is 0.0236. The first-order chi connectivity index (χ1) is 12.7. The van der Waals surface area contributed by atoms with Crippen molar-refractivity contribution in [3.63, 3.8) is 0 Å². The lowest BCUT2D eigenvalue weighted by atomic mass is 9.97. The van der Waals surface area contributed by atoms with Gasteiger partial charge >= 0.3 is 0 Å². The number of nitrogens with two attached hydrogens (primary N) is 1. The van der Waals surface area contributed by atoms with Crippen molar-refractivity contribution in [1.29, 1.82) is 0 Å². The van der Waals surface area contributed by atoms with E-state index in [0.717, 1.165) is 18.2 Å². The molecule has 0 unspecified atom stereocenters. The van der Waals surface area contributed by atoms with Crippen molar-refractivity contribution < 1.29 is 26.7 Å². The average Bonchev–Trinajstić information content (AvgIpc) is 2.92. The molecule has 2 aromatic carbocycles. The van der Waals surface area contributed by atoms with Gasteiger partial charge in [0.25, 0.3) is 5.92 Å². The predicted molar refractivity (Wildman–Crippen MR) is 90.7 cm³/mol. The fourth-order valence-corrected chi connectivity index (χ4v) is 2.97. The maximum absolute atomic E-state index is 14.4. The number of hydrogen-bond acceptors (Lipinski definition) is 1. The number of alkyl halides is 2. The van der Waals surface area contributed by atoms with E-state index >= 15 is 0 Å². The summed E-state index contributed by atoms with van der Waals surface area (Å²) < 4.78 is 69.7. The van der Waals surface area contributed by atoms with Crippen molar-refractivity contribution in [2.45, 2.75) is 25.2 Å². The molecule has 0 bridgehead atoms. The van der Waals surface area contributed by atoms with Gasteiger partial charge in [-0.05, 0) is 41.5 Å². The number of primary amides is 1. The minimum Gasteiger partial charge on any atom is -0.370 e. The molecule has 3 N–H and O–H groups in total. The fraction of sp³-hybridized carbons (Fsp3) is 0.211. The van der Waals surface area contributed by atoms with Crippen LogP contribution >= 0.6 is 0 Å². The summed E-state index contributed by atoms with van der Waals surface area (Å²) in [7, 11) is 0. The SMILES string of the molecule is NC(=O)CCC(F)(F)Cc1c(-c2ccc(F)cc2)[nH]c2c(F)cc(F)cc12. The van der Waals surface area contributed by atoms with Crippen molar-refractivity contribution in [2.24, 2.45) is 5.73 Å². The number of rotatable bonds is 6. The Labute approximate surface area is 151 Å². The Balaban J connectivity index is 2.14. The molecule has 1 heterocycles. The highest BCUT2D eigenvalue weighted by Gasteiger charge is 2.33. The number of benzene rings is 2. The van der Waals surface area contributed by atoms with Crippen LogP contribution in [0.3, 0.4) is 0 Å². The maximum Gasteiger partial charge on any atom is 0.252 e. The molecule has 1 aromatic heterocycles. The van der Waals surface area contributed by atoms with Crippen molar-refractivity contribution in [3.8, 4) is 11.3 Å². The number of amides is 1. The summed E-state index contributed by atoms with van der Waals surface area (Å²) in [6.45, 7) is 0. The van der Waals surface area contributed by atoms with Crippen LogP contribution in [0.2, 0.25) is 0 Å². The van der Waals surface area contributed by atoms with Gasteiger partial charge in [-0.25, -0.2) is 22.0 Å². The summed E-state index contributed by atoms with van der Waals surface area (Å²) >= 11 is 0. The van der Waals surface area contributed by atoms with Crippen molar-refractivity contribution in [1.82, 2.24) is 4.98 Å². The van der Waals surface area contributed by atoms with Crippen LogP contribution in [0, 0.1) is 17.5 Å². The van der Waals surface area contributed by atoms with Crippen LogP contribution in [0.4, 0.5) is 22.0 Å². The van der Waals surface area contributed by atoms with E-state index in [1.165, 1.54) is 12.1 Å². The van der Waals surface area contributed by atoms with E-state index in [0.29, 0.717) is 11.6 Å². The van der Waals surface area contributed by atoms with Crippen LogP contribution in [0.25, 0.3) is 22.2 Å². The van der Waals surface area contributed by atoms with Crippen LogP contribution in [0.1, 0.15) is 18.4 Å². The smallest absolute Gasteiger partial charge is 0.252 e. The number of nitrogens with one attached hydrogen (secondary N) is 1. The Morgan fingerprint density at radius 1 is 1.04 bits per heavy atom. The van der Waals surface area contributed by atoms with Gasteiger partial charge in [0.15, 0.2) is 0 Å². The molecule has 0 radical (unpaired) electrons. The third-order valence-corrected chi connectivity index (χ3v) is 4.24. The Hall–Kier alpha value is -2.90. The maximum atomic E-state index is 14.4. The summed E-state index contributed by atoms with van der Waals surface area (Å²) in [5, 5.41) is -0.0365. The van der Waals surface area contributed by atoms with Gasteiger partial charge in [0.1, 0.15) is 17.5 Å². The standard InChI is InChI=1S/C19H15F5N2O/c20-11-3-1-10(2-4-11)17-14(9-19(23,24)6-5-16(25)27)13-7-12(21)8-15(22)18(13)26-17/h1-4,7-8,26H,5-6,9H2,(H2,25,27). The quantitative estimate of drug-likeness (QED) is 0.597. The number of H-pyrrole nitrogens is 1. The summed E-state index contributed by atoms with van der Waals surface area (Å²) in [6.07, 6.45) is -2.19. The lowest BCUT2D eigenvalue weighted by Crippen LogP contribution is -2.23. The van der Waals surface area contributed by atoms with Crippen molar-refractivity contribution in [3.05, 3.63) is 59.4 Å². The van der Waals surface area contributed by atoms with Gasteiger partial charge in [-0.2, -0.15) is 0 Å². The van der Waals surface area contributed by atoms with Crippen molar-refractivity contribution >= 4 is 16.8 Å². The first-order valence-corrected chi connectivity index (χ1v) is 8.08. The first kappa shape index (κ1) is 18.9. The molecule has 0 fully saturated rings. The molecular weight excluding hydrogens is 367 g/mol. The Kier molecular flexibility index (Phi) is 4.91. The molecule has 27 heavy (non-hydrogen) atoms. The normalized spacial score (nSPS) is 11.9. The van der Waals surface area contributed by atoms with Gasteiger partial charge in [-0.1, -0.05) is 0 Å². The molecule has 8 heteroatoms. The van der Waals surface area contributed by atoms with E-state index in [1.54, 1.807) is 0 Å². The zero-order valence-corrected chi connectivity index (χ0v) is 14.0. The summed E-state index contributed by atoms with van der Waals surface area (Å²) in [4.78, 5) is 13.5. The number of carbonyl (C=O) groups is 1. The number of fused-ring (bicyclic) bond motifs is 1. The Morgan fingerprint density at radius 3 is 2.33 bits per heavy atom. The molecule has 0 aliphatic carbocycles. The third kappa shape index (κ3) is 4.10. The molecule has 0 saturated carbocycles. The van der Waals surface area contributed by atoms with E-state index in [1.807, 2.05) is 0 Å². The number of halogens is 5. The third-order valence-electron chi connectivity index (χ3n) is 4.24. The molecule has 3 nitrogen and oxygen atoms in total. The van der Waals surface area contributed by atoms with Crippen LogP contribution in [-0.4, -0.2) is 16.8 Å². The second kappa shape index (κ2) is 7.02. The predicted octanol–water partition coefficient (Wildman–Crippen LogP) is 4.70. The van der Waals surface area contributed by atoms with Crippen LogP contribution < -0.4 is 5.73 Å². The highest BCUT2D eigenvalue weighted by atomic mass is 19.3. The van der Waals surface area contributed by atoms with Gasteiger partial charge in [0, 0.05) is 36.4 Å². The first-order valence-electron chi connectivity index (χ1n) is 8.08. The van der Waals surface area contributed by atoms with Crippen LogP contribution in [0.15, 0.2) is 36.4 Å². The monoisotopic (exact) mass is 382 g/mol. The van der Waals surface area contributed by atoms with E-state index in [4.69, 9.17) is 5.73 Å². The molecular formula is C19H15F5N2O. The number of carbonyl (C=O) groups excluding carboxylic acids is 1. The van der Waals surface area contributed by atoms with E-state index in [-0.39, 0.29) is 22.2 Å². The van der Waals surface area contributed by atoms with Crippen LogP contribution in [0.5, 0.6) is 0 Å². The van der Waals surface area contributed by atoms with Gasteiger partial charge in [0.05, 0.1) is 5.52 Å². The summed E-state index contributed by atoms with van der Waals surface area (Å²) in [6, 6.07) is 6.56. The number of hydrogen-bond donors (Lipinski definition) is 2. The number of aromatic nitrogens is 1. The van der Waals surface area contributed by atoms with E-state index < -0.39 is 48.5 Å². The lowest BCUT2D eigenvalue weighted by Gasteiger charge is -2.16. The molecule has 3 rings (SSSR count). The minimum atomic E-state index is -3.33. The van der Waals surface area contributed by atoms with Gasteiger partial charge in [-0.3, -0.25) is 4.79 Å². The van der Waals surface area contributed by atoms with Gasteiger partial charge in [-0.15, -0.1) is 0 Å². The highest BCUT2D eigenvalue weighted by Crippen LogP contribution is 2.37. The van der Waals surface area contributed by atoms with Crippen LogP contribution in [-0.2, 0) is 11.2 Å². The van der Waals surface area contributed by atoms with Crippen molar-refractivity contribution in [2.75, 3.05) is 0 Å². The van der Waals surface area contributed by atoms with E-state index in [9.17, 15) is 26.7 Å². The molecule has 0 aliphatic rings. The zero-order chi connectivity index (χ0) is 19.8. The molecule has 3 aromatic rings. The van der Waals surface area contributed by atoms with Gasteiger partial charge in [0.2, 0.25) is 5.91 Å².